The summed E-state index contributed by atoms with van der Waals surface area (Å²) in [6.45, 7) is -0.0820. The highest BCUT2D eigenvalue weighted by Crippen LogP contribution is 2.31. The van der Waals surface area contributed by atoms with Gasteiger partial charge < -0.3 is 9.15 Å². The first-order valence-electron chi connectivity index (χ1n) is 10.0. The fourth-order valence-electron chi connectivity index (χ4n) is 3.41. The summed E-state index contributed by atoms with van der Waals surface area (Å²) in [6, 6.07) is 14.6. The molecule has 0 radical (unpaired) electrons. The van der Waals surface area contributed by atoms with Crippen molar-refractivity contribution >= 4 is 38.3 Å². The molecule has 10 nitrogen and oxygen atoms in total. The second-order valence-electron chi connectivity index (χ2n) is 7.28. The molecule has 0 aliphatic carbocycles. The van der Waals surface area contributed by atoms with E-state index in [1.165, 1.54) is 25.5 Å². The van der Waals surface area contributed by atoms with Gasteiger partial charge in [-0.05, 0) is 36.4 Å². The molecule has 4 aromatic rings. The number of methoxy groups -OCH3 is 1. The van der Waals surface area contributed by atoms with Gasteiger partial charge in [-0.2, -0.15) is 0 Å². The molecule has 0 aliphatic heterocycles. The molecule has 0 unspecified atom stereocenters. The molecule has 0 N–H and O–H groups in total. The Hall–Kier alpha value is -4.25. The zero-order chi connectivity index (χ0) is 24.3. The van der Waals surface area contributed by atoms with Crippen molar-refractivity contribution in [1.82, 2.24) is 4.98 Å². The van der Waals surface area contributed by atoms with Crippen molar-refractivity contribution in [2.75, 3.05) is 11.4 Å². The third-order valence-corrected chi connectivity index (χ3v) is 6.95. The van der Waals surface area contributed by atoms with Gasteiger partial charge in [0.05, 0.1) is 47.5 Å². The van der Waals surface area contributed by atoms with Gasteiger partial charge in [0.2, 0.25) is 0 Å². The molecule has 0 atom stereocenters. The maximum absolute atomic E-state index is 13.6. The number of rotatable bonds is 8. The number of benzene rings is 2. The first kappa shape index (κ1) is 22.9. The van der Waals surface area contributed by atoms with Crippen molar-refractivity contribution in [1.29, 1.82) is 0 Å². The Labute approximate surface area is 194 Å². The number of furan rings is 1. The summed E-state index contributed by atoms with van der Waals surface area (Å²) in [5.41, 5.74) is 1.59. The number of nitro benzene ring substituents is 1. The van der Waals surface area contributed by atoms with Crippen molar-refractivity contribution in [2.45, 2.75) is 17.9 Å². The monoisotopic (exact) mass is 481 g/mol. The highest BCUT2D eigenvalue weighted by atomic mass is 32.2. The lowest BCUT2D eigenvalue weighted by Crippen LogP contribution is -2.31. The maximum Gasteiger partial charge on any atom is 0.310 e. The Morgan fingerprint density at radius 3 is 2.56 bits per heavy atom. The van der Waals surface area contributed by atoms with Crippen LogP contribution in [0.2, 0.25) is 0 Å². The van der Waals surface area contributed by atoms with Crippen molar-refractivity contribution in [2.24, 2.45) is 0 Å². The van der Waals surface area contributed by atoms with E-state index < -0.39 is 20.9 Å². The van der Waals surface area contributed by atoms with Gasteiger partial charge in [0.1, 0.15) is 5.58 Å². The lowest BCUT2D eigenvalue weighted by Gasteiger charge is -2.24. The van der Waals surface area contributed by atoms with E-state index >= 15 is 0 Å². The number of esters is 1. The largest absolute Gasteiger partial charge is 0.469 e. The molecule has 2 aromatic carbocycles. The van der Waals surface area contributed by atoms with Crippen LogP contribution in [0.1, 0.15) is 11.3 Å². The number of sulfonamides is 1. The molecule has 0 saturated heterocycles. The van der Waals surface area contributed by atoms with Gasteiger partial charge in [0.15, 0.2) is 0 Å². The molecule has 2 aromatic heterocycles. The van der Waals surface area contributed by atoms with Crippen LogP contribution in [0.3, 0.4) is 0 Å². The normalized spacial score (nSPS) is 11.3. The number of hydrogen-bond donors (Lipinski definition) is 0. The molecule has 0 amide bonds. The smallest absolute Gasteiger partial charge is 0.310 e. The highest BCUT2D eigenvalue weighted by Gasteiger charge is 2.27. The van der Waals surface area contributed by atoms with Crippen LogP contribution in [-0.4, -0.2) is 31.4 Å². The Kier molecular flexibility index (Phi) is 6.28. The zero-order valence-electron chi connectivity index (χ0n) is 18.0. The number of carbonyl (C=O) groups is 1. The number of non-ortho nitro benzene ring substituents is 1. The molecule has 0 fully saturated rings. The van der Waals surface area contributed by atoms with Gasteiger partial charge in [-0.15, -0.1) is 0 Å². The number of nitro groups is 1. The summed E-state index contributed by atoms with van der Waals surface area (Å²) in [4.78, 5) is 26.1. The number of ether oxygens (including phenoxy) is 1. The number of pyridine rings is 1. The average molecular weight is 481 g/mol. The SMILES string of the molecule is COC(=O)Cc1coc2cc(N(Cc3ccccn3)S(=O)(=O)c3ccc([N+](=O)[O-])cc3)ccc12. The fraction of sp³-hybridized carbons (Fsp3) is 0.130. The molecule has 2 heterocycles. The summed E-state index contributed by atoms with van der Waals surface area (Å²) in [7, 11) is -2.83. The Bertz CT molecular complexity index is 1450. The summed E-state index contributed by atoms with van der Waals surface area (Å²) in [6.07, 6.45) is 3.00. The molecule has 11 heteroatoms. The van der Waals surface area contributed by atoms with Crippen LogP contribution in [0.4, 0.5) is 11.4 Å². The van der Waals surface area contributed by atoms with E-state index in [4.69, 9.17) is 9.15 Å². The first-order chi connectivity index (χ1) is 16.3. The maximum atomic E-state index is 13.6. The van der Waals surface area contributed by atoms with Crippen molar-refractivity contribution in [3.63, 3.8) is 0 Å². The van der Waals surface area contributed by atoms with E-state index in [2.05, 4.69) is 4.98 Å². The van der Waals surface area contributed by atoms with E-state index in [9.17, 15) is 23.3 Å². The van der Waals surface area contributed by atoms with E-state index in [-0.39, 0.29) is 23.5 Å². The Morgan fingerprint density at radius 1 is 1.15 bits per heavy atom. The van der Waals surface area contributed by atoms with E-state index in [0.717, 1.165) is 16.4 Å². The minimum absolute atomic E-state index is 0.0155. The van der Waals surface area contributed by atoms with E-state index in [1.54, 1.807) is 42.6 Å². The number of nitrogens with zero attached hydrogens (tertiary/aromatic N) is 3. The quantitative estimate of drug-likeness (QED) is 0.211. The number of aromatic nitrogens is 1. The van der Waals surface area contributed by atoms with Crippen LogP contribution in [0.5, 0.6) is 0 Å². The van der Waals surface area contributed by atoms with Crippen LogP contribution in [0.25, 0.3) is 11.0 Å². The topological polar surface area (TPSA) is 133 Å². The number of hydrogen-bond acceptors (Lipinski definition) is 8. The zero-order valence-corrected chi connectivity index (χ0v) is 18.8. The molecule has 0 saturated carbocycles. The third kappa shape index (κ3) is 4.59. The second kappa shape index (κ2) is 9.32. The fourth-order valence-corrected chi connectivity index (χ4v) is 4.84. The predicted molar refractivity (Wildman–Crippen MR) is 123 cm³/mol. The highest BCUT2D eigenvalue weighted by molar-refractivity contribution is 7.92. The molecule has 174 valence electrons. The Morgan fingerprint density at radius 2 is 1.91 bits per heavy atom. The number of carbonyl (C=O) groups excluding carboxylic acids is 1. The molecule has 34 heavy (non-hydrogen) atoms. The van der Waals surface area contributed by atoms with Crippen LogP contribution in [0.15, 0.2) is 82.4 Å². The molecular formula is C23H19N3O7S. The van der Waals surface area contributed by atoms with Crippen LogP contribution in [-0.2, 0) is 32.5 Å². The van der Waals surface area contributed by atoms with Crippen molar-refractivity contribution < 1.29 is 27.3 Å². The molecule has 0 bridgehead atoms. The van der Waals surface area contributed by atoms with Crippen molar-refractivity contribution in [3.05, 3.63) is 94.5 Å². The summed E-state index contributed by atoms with van der Waals surface area (Å²) < 4.78 is 38.6. The lowest BCUT2D eigenvalue weighted by atomic mass is 10.1. The average Bonchev–Trinajstić information content (AvgIpc) is 3.24. The summed E-state index contributed by atoms with van der Waals surface area (Å²) >= 11 is 0. The predicted octanol–water partition coefficient (Wildman–Crippen LogP) is 3.85. The van der Waals surface area contributed by atoms with E-state index in [1.807, 2.05) is 0 Å². The van der Waals surface area contributed by atoms with Gasteiger partial charge >= 0.3 is 5.97 Å². The number of anilines is 1. The van der Waals surface area contributed by atoms with Gasteiger partial charge in [-0.25, -0.2) is 8.42 Å². The second-order valence-corrected chi connectivity index (χ2v) is 9.14. The van der Waals surface area contributed by atoms with Gasteiger partial charge in [0.25, 0.3) is 15.7 Å². The summed E-state index contributed by atoms with van der Waals surface area (Å²) in [5, 5.41) is 11.6. The molecule has 4 rings (SSSR count). The lowest BCUT2D eigenvalue weighted by molar-refractivity contribution is -0.384. The Balaban J connectivity index is 1.77. The number of fused-ring (bicyclic) bond motifs is 1. The van der Waals surface area contributed by atoms with Gasteiger partial charge in [-0.1, -0.05) is 6.07 Å². The summed E-state index contributed by atoms with van der Waals surface area (Å²) in [5.74, 6) is -0.427. The van der Waals surface area contributed by atoms with Gasteiger partial charge in [-0.3, -0.25) is 24.2 Å². The standard InChI is InChI=1S/C23H19N3O7S/c1-32-23(27)12-16-15-33-22-13-19(7-10-21(16)22)25(14-17-4-2-3-11-24-17)34(30,31)20-8-5-18(6-9-20)26(28)29/h2-11,13,15H,12,14H2,1H3. The third-order valence-electron chi connectivity index (χ3n) is 5.16. The molecule has 0 spiro atoms. The van der Waals surface area contributed by atoms with E-state index in [0.29, 0.717) is 27.9 Å². The van der Waals surface area contributed by atoms with Crippen LogP contribution >= 0.6 is 0 Å². The minimum Gasteiger partial charge on any atom is -0.469 e. The molecule has 0 aliphatic rings. The van der Waals surface area contributed by atoms with Crippen LogP contribution < -0.4 is 4.31 Å². The minimum atomic E-state index is -4.12. The van der Waals surface area contributed by atoms with Crippen molar-refractivity contribution in [3.8, 4) is 0 Å². The molecular weight excluding hydrogens is 462 g/mol. The van der Waals surface area contributed by atoms with Crippen LogP contribution in [0, 0.1) is 10.1 Å². The first-order valence-corrected chi connectivity index (χ1v) is 11.5. The van der Waals surface area contributed by atoms with Gasteiger partial charge in [0, 0.05) is 35.3 Å².